The predicted molar refractivity (Wildman–Crippen MR) is 134 cm³/mol. The monoisotopic (exact) mass is 472 g/mol. The second-order valence-corrected chi connectivity index (χ2v) is 8.42. The molecule has 0 saturated carbocycles. The fourth-order valence-corrected chi connectivity index (χ4v) is 4.16. The molecule has 35 heavy (non-hydrogen) atoms. The van der Waals surface area contributed by atoms with E-state index in [1.807, 2.05) is 38.1 Å². The highest BCUT2D eigenvalue weighted by Gasteiger charge is 2.19. The fraction of sp³-hybridized carbons (Fsp3) is 0.231. The lowest BCUT2D eigenvalue weighted by Gasteiger charge is -2.21. The molecule has 3 N–H and O–H groups in total. The number of anilines is 3. The first-order valence-corrected chi connectivity index (χ1v) is 11.4. The molecule has 4 aromatic rings. The number of fused-ring (bicyclic) bond motifs is 2. The lowest BCUT2D eigenvalue weighted by molar-refractivity contribution is -0.121. The quantitative estimate of drug-likeness (QED) is 0.392. The van der Waals surface area contributed by atoms with Crippen LogP contribution in [0.3, 0.4) is 0 Å². The SMILES string of the molecule is CNC(=O)C(C)c1ccc(Nc2ncc3cc(F)c(-c4cnc5c(c4C)NCCO5)cc3n2)cc1. The molecule has 1 aliphatic heterocycles. The summed E-state index contributed by atoms with van der Waals surface area (Å²) < 4.78 is 20.7. The van der Waals surface area contributed by atoms with Crippen LogP contribution in [0.25, 0.3) is 22.0 Å². The molecule has 0 saturated heterocycles. The number of nitrogens with zero attached hydrogens (tertiary/aromatic N) is 3. The van der Waals surface area contributed by atoms with Gasteiger partial charge >= 0.3 is 0 Å². The van der Waals surface area contributed by atoms with Gasteiger partial charge in [0.25, 0.3) is 0 Å². The third-order valence-corrected chi connectivity index (χ3v) is 6.21. The molecule has 9 heteroatoms. The molecule has 0 aliphatic carbocycles. The molecule has 178 valence electrons. The van der Waals surface area contributed by atoms with Crippen molar-refractivity contribution in [2.45, 2.75) is 19.8 Å². The minimum atomic E-state index is -0.371. The van der Waals surface area contributed by atoms with Gasteiger partial charge in [0.2, 0.25) is 17.7 Å². The van der Waals surface area contributed by atoms with Gasteiger partial charge in [-0.15, -0.1) is 0 Å². The number of carbonyl (C=O) groups is 1. The summed E-state index contributed by atoms with van der Waals surface area (Å²) in [5.41, 5.74) is 5.03. The Morgan fingerprint density at radius 2 is 1.94 bits per heavy atom. The minimum absolute atomic E-state index is 0.0423. The first-order chi connectivity index (χ1) is 16.9. The van der Waals surface area contributed by atoms with Crippen LogP contribution in [0.2, 0.25) is 0 Å². The fourth-order valence-electron chi connectivity index (χ4n) is 4.16. The van der Waals surface area contributed by atoms with E-state index in [9.17, 15) is 4.79 Å². The van der Waals surface area contributed by atoms with Gasteiger partial charge in [0.15, 0.2) is 0 Å². The normalized spacial score (nSPS) is 13.4. The van der Waals surface area contributed by atoms with Gasteiger partial charge in [-0.3, -0.25) is 4.79 Å². The molecule has 0 spiro atoms. The number of pyridine rings is 1. The lowest BCUT2D eigenvalue weighted by Crippen LogP contribution is -2.23. The van der Waals surface area contributed by atoms with Gasteiger partial charge in [-0.1, -0.05) is 12.1 Å². The van der Waals surface area contributed by atoms with Crippen molar-refractivity contribution in [3.63, 3.8) is 0 Å². The molecular formula is C26H25FN6O2. The van der Waals surface area contributed by atoms with Crippen LogP contribution < -0.4 is 20.7 Å². The van der Waals surface area contributed by atoms with Gasteiger partial charge in [0.05, 0.1) is 11.4 Å². The highest BCUT2D eigenvalue weighted by molar-refractivity contribution is 5.87. The van der Waals surface area contributed by atoms with Crippen molar-refractivity contribution in [1.82, 2.24) is 20.3 Å². The zero-order valence-electron chi connectivity index (χ0n) is 19.6. The Morgan fingerprint density at radius 1 is 1.14 bits per heavy atom. The third-order valence-electron chi connectivity index (χ3n) is 6.21. The van der Waals surface area contributed by atoms with Crippen LogP contribution >= 0.6 is 0 Å². The highest BCUT2D eigenvalue weighted by Crippen LogP contribution is 2.37. The molecule has 1 unspecified atom stereocenters. The van der Waals surface area contributed by atoms with E-state index in [-0.39, 0.29) is 17.6 Å². The maximum atomic E-state index is 15.1. The van der Waals surface area contributed by atoms with Crippen molar-refractivity contribution in [3.8, 4) is 17.0 Å². The van der Waals surface area contributed by atoms with E-state index in [0.29, 0.717) is 47.0 Å². The number of amides is 1. The van der Waals surface area contributed by atoms with E-state index < -0.39 is 0 Å². The highest BCUT2D eigenvalue weighted by atomic mass is 19.1. The van der Waals surface area contributed by atoms with Crippen LogP contribution in [0, 0.1) is 12.7 Å². The minimum Gasteiger partial charge on any atom is -0.474 e. The number of benzene rings is 2. The van der Waals surface area contributed by atoms with Crippen molar-refractivity contribution >= 4 is 34.1 Å². The number of halogens is 1. The average molecular weight is 473 g/mol. The Labute approximate surface area is 202 Å². The molecule has 5 rings (SSSR count). The summed E-state index contributed by atoms with van der Waals surface area (Å²) in [4.78, 5) is 25.2. The van der Waals surface area contributed by atoms with E-state index in [0.717, 1.165) is 22.5 Å². The van der Waals surface area contributed by atoms with Crippen molar-refractivity contribution in [2.24, 2.45) is 0 Å². The van der Waals surface area contributed by atoms with Gasteiger partial charge in [-0.05, 0) is 49.2 Å². The van der Waals surface area contributed by atoms with Gasteiger partial charge in [0.1, 0.15) is 18.1 Å². The van der Waals surface area contributed by atoms with Gasteiger partial charge in [0, 0.05) is 48.2 Å². The van der Waals surface area contributed by atoms with E-state index >= 15 is 4.39 Å². The van der Waals surface area contributed by atoms with Crippen LogP contribution in [0.15, 0.2) is 48.8 Å². The van der Waals surface area contributed by atoms with Gasteiger partial charge < -0.3 is 20.7 Å². The maximum Gasteiger partial charge on any atom is 0.237 e. The molecule has 1 amide bonds. The first-order valence-electron chi connectivity index (χ1n) is 11.4. The molecular weight excluding hydrogens is 447 g/mol. The van der Waals surface area contributed by atoms with Crippen LogP contribution in [0.4, 0.5) is 21.7 Å². The van der Waals surface area contributed by atoms with E-state index in [2.05, 4.69) is 30.9 Å². The third kappa shape index (κ3) is 4.32. The molecule has 3 heterocycles. The lowest BCUT2D eigenvalue weighted by atomic mass is 9.99. The molecule has 2 aromatic heterocycles. The van der Waals surface area contributed by atoms with E-state index in [1.165, 1.54) is 6.07 Å². The van der Waals surface area contributed by atoms with E-state index in [4.69, 9.17) is 4.74 Å². The first kappa shape index (κ1) is 22.5. The van der Waals surface area contributed by atoms with Crippen molar-refractivity contribution in [3.05, 3.63) is 65.7 Å². The summed E-state index contributed by atoms with van der Waals surface area (Å²) in [5.74, 6) is 0.256. The zero-order chi connectivity index (χ0) is 24.5. The smallest absolute Gasteiger partial charge is 0.237 e. The van der Waals surface area contributed by atoms with Crippen molar-refractivity contribution in [2.75, 3.05) is 30.8 Å². The number of ether oxygens (including phenoxy) is 1. The maximum absolute atomic E-state index is 15.1. The van der Waals surface area contributed by atoms with Crippen molar-refractivity contribution < 1.29 is 13.9 Å². The number of aromatic nitrogens is 3. The number of likely N-dealkylation sites (N-methyl/N-ethyl adjacent to an activating group) is 1. The van der Waals surface area contributed by atoms with Crippen LogP contribution in [-0.4, -0.2) is 41.1 Å². The summed E-state index contributed by atoms with van der Waals surface area (Å²) in [6.45, 7) is 4.99. The molecule has 2 aromatic carbocycles. The Hall–Kier alpha value is -4.27. The van der Waals surface area contributed by atoms with Gasteiger partial charge in [-0.25, -0.2) is 19.3 Å². The summed E-state index contributed by atoms with van der Waals surface area (Å²) >= 11 is 0. The topological polar surface area (TPSA) is 101 Å². The number of hydrogen-bond donors (Lipinski definition) is 3. The van der Waals surface area contributed by atoms with Crippen LogP contribution in [-0.2, 0) is 4.79 Å². The molecule has 8 nitrogen and oxygen atoms in total. The zero-order valence-corrected chi connectivity index (χ0v) is 19.6. The Bertz CT molecular complexity index is 1420. The largest absolute Gasteiger partial charge is 0.474 e. The average Bonchev–Trinajstić information content (AvgIpc) is 2.88. The van der Waals surface area contributed by atoms with Gasteiger partial charge in [-0.2, -0.15) is 0 Å². The summed E-state index contributed by atoms with van der Waals surface area (Å²) in [5, 5.41) is 9.72. The molecule has 0 bridgehead atoms. The summed E-state index contributed by atoms with van der Waals surface area (Å²) in [6, 6.07) is 10.7. The predicted octanol–water partition coefficient (Wildman–Crippen LogP) is 4.54. The molecule has 0 fully saturated rings. The summed E-state index contributed by atoms with van der Waals surface area (Å²) in [6.07, 6.45) is 3.22. The number of carbonyl (C=O) groups excluding carboxylic acids is 1. The standard InChI is InChI=1S/C26H25FN6O2/c1-14(24(34)28-3)16-4-6-18(7-5-16)32-26-31-12-17-10-21(27)19(11-22(17)33-26)20-13-30-25-23(15(20)2)29-8-9-35-25/h4-7,10-14,29H,8-9H2,1-3H3,(H,28,34)(H,31,32,33). The van der Waals surface area contributed by atoms with Crippen LogP contribution in [0.1, 0.15) is 24.0 Å². The Balaban J connectivity index is 1.45. The second-order valence-electron chi connectivity index (χ2n) is 8.42. The summed E-state index contributed by atoms with van der Waals surface area (Å²) in [7, 11) is 1.62. The Morgan fingerprint density at radius 3 is 2.71 bits per heavy atom. The number of nitrogens with one attached hydrogen (secondary N) is 3. The number of rotatable bonds is 5. The van der Waals surface area contributed by atoms with E-state index in [1.54, 1.807) is 25.5 Å². The molecule has 0 radical (unpaired) electrons. The van der Waals surface area contributed by atoms with Crippen molar-refractivity contribution in [1.29, 1.82) is 0 Å². The second kappa shape index (κ2) is 9.17. The Kier molecular flexibility index (Phi) is 5.90. The number of hydrogen-bond acceptors (Lipinski definition) is 7. The van der Waals surface area contributed by atoms with Crippen LogP contribution in [0.5, 0.6) is 5.88 Å². The molecule has 1 atom stereocenters. The molecule has 1 aliphatic rings.